The van der Waals surface area contributed by atoms with Crippen molar-refractivity contribution in [1.82, 2.24) is 15.0 Å². The Kier molecular flexibility index (Phi) is 8.99. The van der Waals surface area contributed by atoms with Gasteiger partial charge in [-0.1, -0.05) is 19.3 Å². The van der Waals surface area contributed by atoms with E-state index in [9.17, 15) is 18.8 Å². The first kappa shape index (κ1) is 28.7. The van der Waals surface area contributed by atoms with Gasteiger partial charge in [0.05, 0.1) is 11.8 Å². The fraction of sp³-hybridized carbons (Fsp3) is 0.448. The van der Waals surface area contributed by atoms with Gasteiger partial charge in [-0.2, -0.15) is 4.37 Å². The average Bonchev–Trinajstić information content (AvgIpc) is 3.73. The van der Waals surface area contributed by atoms with Crippen LogP contribution in [0.4, 0.5) is 15.8 Å². The first-order valence-electron chi connectivity index (χ1n) is 13.9. The van der Waals surface area contributed by atoms with Crippen LogP contribution in [0.5, 0.6) is 0 Å². The number of aromatic nitrogens is 1. The topological polar surface area (TPSA) is 140 Å². The number of halogens is 1. The first-order chi connectivity index (χ1) is 19.8. The maximum Gasteiger partial charge on any atom is 0.273 e. The van der Waals surface area contributed by atoms with Gasteiger partial charge in [0.15, 0.2) is 11.7 Å². The minimum Gasteiger partial charge on any atom is -0.464 e. The van der Waals surface area contributed by atoms with Crippen molar-refractivity contribution in [3.63, 3.8) is 0 Å². The smallest absolute Gasteiger partial charge is 0.273 e. The predicted octanol–water partition coefficient (Wildman–Crippen LogP) is 4.51. The van der Waals surface area contributed by atoms with Crippen LogP contribution in [0.25, 0.3) is 0 Å². The fourth-order valence-electron chi connectivity index (χ4n) is 5.30. The number of amides is 3. The maximum absolute atomic E-state index is 14.2. The van der Waals surface area contributed by atoms with Gasteiger partial charge < -0.3 is 25.5 Å². The van der Waals surface area contributed by atoms with Crippen LogP contribution in [-0.4, -0.2) is 47.4 Å². The molecule has 5 rings (SSSR count). The van der Waals surface area contributed by atoms with Crippen LogP contribution in [-0.2, 0) is 9.53 Å². The number of carbonyl (C=O) groups is 3. The van der Waals surface area contributed by atoms with Crippen LogP contribution in [0.15, 0.2) is 40.8 Å². The Morgan fingerprint density at radius 2 is 1.85 bits per heavy atom. The third-order valence-electron chi connectivity index (χ3n) is 7.47. The minimum atomic E-state index is -1.26. The average molecular weight is 584 g/mol. The molecular formula is C29H34FN5O5S. The minimum absolute atomic E-state index is 0.0108. The van der Waals surface area contributed by atoms with Crippen molar-refractivity contribution in [3.05, 3.63) is 64.3 Å². The highest BCUT2D eigenvalue weighted by Gasteiger charge is 2.38. The number of ether oxygens (including phenoxy) is 1. The molecule has 2 fully saturated rings. The molecule has 3 amide bonds. The summed E-state index contributed by atoms with van der Waals surface area (Å²) in [5, 5.41) is 5.86. The molecule has 2 aromatic heterocycles. The van der Waals surface area contributed by atoms with E-state index >= 15 is 0 Å². The number of rotatable bonds is 9. The van der Waals surface area contributed by atoms with E-state index < -0.39 is 29.6 Å². The Morgan fingerprint density at radius 3 is 2.51 bits per heavy atom. The van der Waals surface area contributed by atoms with Crippen molar-refractivity contribution in [2.45, 2.75) is 70.1 Å². The molecule has 3 aromatic rings. The zero-order valence-corrected chi connectivity index (χ0v) is 23.7. The van der Waals surface area contributed by atoms with Crippen LogP contribution in [0.1, 0.15) is 82.7 Å². The molecule has 3 heterocycles. The second-order valence-electron chi connectivity index (χ2n) is 10.5. The number of carbonyl (C=O) groups excluding carboxylic acids is 3. The lowest BCUT2D eigenvalue weighted by Crippen LogP contribution is -2.45. The van der Waals surface area contributed by atoms with Crippen LogP contribution in [0, 0.1) is 12.7 Å². The first-order valence-corrected chi connectivity index (χ1v) is 14.7. The summed E-state index contributed by atoms with van der Waals surface area (Å²) < 4.78 is 29.6. The molecule has 218 valence electrons. The lowest BCUT2D eigenvalue weighted by molar-refractivity contribution is -0.123. The van der Waals surface area contributed by atoms with Gasteiger partial charge in [0.2, 0.25) is 0 Å². The van der Waals surface area contributed by atoms with E-state index in [1.807, 2.05) is 0 Å². The highest BCUT2D eigenvalue weighted by molar-refractivity contribution is 7.09. The normalized spacial score (nSPS) is 18.1. The molecular weight excluding hydrogens is 549 g/mol. The quantitative estimate of drug-likeness (QED) is 0.337. The molecule has 0 spiro atoms. The van der Waals surface area contributed by atoms with Crippen LogP contribution < -0.4 is 21.3 Å². The van der Waals surface area contributed by atoms with E-state index in [0.717, 1.165) is 56.5 Å². The summed E-state index contributed by atoms with van der Waals surface area (Å²) >= 11 is 0.781. The van der Waals surface area contributed by atoms with E-state index in [0.29, 0.717) is 12.4 Å². The second kappa shape index (κ2) is 12.8. The zero-order valence-electron chi connectivity index (χ0n) is 22.9. The molecule has 1 aliphatic carbocycles. The second-order valence-corrected chi connectivity index (χ2v) is 11.2. The van der Waals surface area contributed by atoms with Gasteiger partial charge in [0.25, 0.3) is 17.7 Å². The van der Waals surface area contributed by atoms with Gasteiger partial charge in [0, 0.05) is 24.9 Å². The van der Waals surface area contributed by atoms with Crippen molar-refractivity contribution >= 4 is 40.6 Å². The molecule has 12 heteroatoms. The van der Waals surface area contributed by atoms with Crippen molar-refractivity contribution in [2.24, 2.45) is 0 Å². The molecule has 1 aliphatic heterocycles. The molecule has 0 bridgehead atoms. The molecule has 10 nitrogen and oxygen atoms in total. The Morgan fingerprint density at radius 1 is 1.10 bits per heavy atom. The van der Waals surface area contributed by atoms with Gasteiger partial charge in [-0.05, 0) is 80.5 Å². The van der Waals surface area contributed by atoms with E-state index in [1.54, 1.807) is 19.1 Å². The summed E-state index contributed by atoms with van der Waals surface area (Å²) in [7, 11) is 0. The third-order valence-corrected chi connectivity index (χ3v) is 8.32. The van der Waals surface area contributed by atoms with E-state index in [4.69, 9.17) is 14.9 Å². The number of benzene rings is 1. The third kappa shape index (κ3) is 6.59. The molecule has 2 unspecified atom stereocenters. The number of hydrogen-bond donors (Lipinski definition) is 3. The van der Waals surface area contributed by atoms with E-state index in [1.165, 1.54) is 29.2 Å². The summed E-state index contributed by atoms with van der Waals surface area (Å²) in [5.74, 6) is -1.37. The van der Waals surface area contributed by atoms with E-state index in [2.05, 4.69) is 15.0 Å². The van der Waals surface area contributed by atoms with Gasteiger partial charge in [-0.25, -0.2) is 4.39 Å². The van der Waals surface area contributed by atoms with Crippen molar-refractivity contribution in [1.29, 1.82) is 0 Å². The SMILES string of the molecule is Cc1ccc(C(C(=O)NCC2CCCO2)N(C(=O)c2snc(C(=O)NC3CCCCC3)c2N)c2ccc(F)cc2)o1. The Labute approximate surface area is 241 Å². The fourth-order valence-corrected chi connectivity index (χ4v) is 6.04. The summed E-state index contributed by atoms with van der Waals surface area (Å²) in [4.78, 5) is 42.2. The maximum atomic E-state index is 14.2. The molecule has 0 radical (unpaired) electrons. The largest absolute Gasteiger partial charge is 0.464 e. The van der Waals surface area contributed by atoms with Gasteiger partial charge >= 0.3 is 0 Å². The highest BCUT2D eigenvalue weighted by Crippen LogP contribution is 2.34. The van der Waals surface area contributed by atoms with Crippen LogP contribution in [0.3, 0.4) is 0 Å². The highest BCUT2D eigenvalue weighted by atomic mass is 32.1. The van der Waals surface area contributed by atoms with Gasteiger partial charge in [-0.3, -0.25) is 19.3 Å². The molecule has 1 saturated carbocycles. The number of nitrogens with two attached hydrogens (primary N) is 1. The lowest BCUT2D eigenvalue weighted by atomic mass is 9.95. The van der Waals surface area contributed by atoms with Crippen LogP contribution >= 0.6 is 11.5 Å². The Balaban J connectivity index is 1.48. The monoisotopic (exact) mass is 583 g/mol. The summed E-state index contributed by atoms with van der Waals surface area (Å²) in [6.45, 7) is 2.62. The molecule has 4 N–H and O–H groups in total. The molecule has 41 heavy (non-hydrogen) atoms. The predicted molar refractivity (Wildman–Crippen MR) is 152 cm³/mol. The Hall–Kier alpha value is -3.77. The summed E-state index contributed by atoms with van der Waals surface area (Å²) in [6.07, 6.45) is 6.57. The van der Waals surface area contributed by atoms with Crippen molar-refractivity contribution in [2.75, 3.05) is 23.8 Å². The number of nitrogen functional groups attached to an aromatic ring is 1. The van der Waals surface area contributed by atoms with Crippen LogP contribution in [0.2, 0.25) is 0 Å². The van der Waals surface area contributed by atoms with Crippen molar-refractivity contribution in [3.8, 4) is 0 Å². The molecule has 1 saturated heterocycles. The number of hydrogen-bond acceptors (Lipinski definition) is 8. The summed E-state index contributed by atoms with van der Waals surface area (Å²) in [6, 6.07) is 7.28. The number of furan rings is 1. The number of nitrogens with zero attached hydrogens (tertiary/aromatic N) is 2. The number of anilines is 2. The standard InChI is InChI=1S/C29H34FN5O5S/c1-17-9-14-22(40-17)25(28(37)32-16-21-8-5-15-39-21)35(20-12-10-18(30)11-13-20)29(38)26-23(31)24(34-41-26)27(36)33-19-6-3-2-4-7-19/h9-14,19,21,25H,2-8,15-16,31H2,1H3,(H,32,37)(H,33,36). The zero-order chi connectivity index (χ0) is 28.9. The molecule has 2 aliphatic rings. The number of nitrogens with one attached hydrogen (secondary N) is 2. The molecule has 2 atom stereocenters. The van der Waals surface area contributed by atoms with Gasteiger partial charge in [0.1, 0.15) is 22.2 Å². The van der Waals surface area contributed by atoms with Crippen molar-refractivity contribution < 1.29 is 27.9 Å². The van der Waals surface area contributed by atoms with Gasteiger partial charge in [-0.15, -0.1) is 0 Å². The Bertz CT molecular complexity index is 1380. The summed E-state index contributed by atoms with van der Waals surface area (Å²) in [5.41, 5.74) is 6.48. The lowest BCUT2D eigenvalue weighted by Gasteiger charge is -2.30. The van der Waals surface area contributed by atoms with E-state index in [-0.39, 0.29) is 46.4 Å². The number of aryl methyl sites for hydroxylation is 1. The molecule has 1 aromatic carbocycles.